The predicted octanol–water partition coefficient (Wildman–Crippen LogP) is 4.73. The molecule has 0 spiro atoms. The van der Waals surface area contributed by atoms with Crippen molar-refractivity contribution in [2.45, 2.75) is 11.8 Å². The highest BCUT2D eigenvalue weighted by Gasteiger charge is 2.18. The van der Waals surface area contributed by atoms with E-state index in [4.69, 9.17) is 20.8 Å². The molecular weight excluding hydrogens is 303 g/mol. The maximum absolute atomic E-state index is 6.00. The Morgan fingerprint density at radius 2 is 2.06 bits per heavy atom. The molecule has 0 bridgehead atoms. The van der Waals surface area contributed by atoms with Crippen molar-refractivity contribution in [3.05, 3.63) is 52.4 Å². The molecule has 2 nitrogen and oxygen atoms in total. The molecule has 1 heterocycles. The average Bonchev–Trinajstić information content (AvgIpc) is 2.75. The summed E-state index contributed by atoms with van der Waals surface area (Å²) in [6, 6.07) is 9.39. The minimum Gasteiger partial charge on any atom is -0.496 e. The molecule has 1 aromatic heterocycles. The summed E-state index contributed by atoms with van der Waals surface area (Å²) in [6.45, 7) is 1.92. The van der Waals surface area contributed by atoms with Gasteiger partial charge in [0, 0.05) is 10.6 Å². The first-order chi connectivity index (χ1) is 8.11. The van der Waals surface area contributed by atoms with Crippen LogP contribution < -0.4 is 4.74 Å². The van der Waals surface area contributed by atoms with Crippen molar-refractivity contribution in [3.63, 3.8) is 0 Å². The Bertz CT molecular complexity index is 522. The molecule has 4 heteroatoms. The SMILES string of the molecule is COc1ccc(Cl)cc1C(Br)c1ccc(C)o1. The second kappa shape index (κ2) is 5.15. The van der Waals surface area contributed by atoms with Gasteiger partial charge < -0.3 is 9.15 Å². The van der Waals surface area contributed by atoms with Gasteiger partial charge >= 0.3 is 0 Å². The number of rotatable bonds is 3. The Kier molecular flexibility index (Phi) is 3.79. The van der Waals surface area contributed by atoms with Crippen LogP contribution in [0, 0.1) is 6.92 Å². The summed E-state index contributed by atoms with van der Waals surface area (Å²) < 4.78 is 10.9. The van der Waals surface area contributed by atoms with Crippen molar-refractivity contribution < 1.29 is 9.15 Å². The highest BCUT2D eigenvalue weighted by Crippen LogP contribution is 2.38. The van der Waals surface area contributed by atoms with Gasteiger partial charge in [0.2, 0.25) is 0 Å². The lowest BCUT2D eigenvalue weighted by molar-refractivity contribution is 0.408. The van der Waals surface area contributed by atoms with Crippen LogP contribution in [-0.2, 0) is 0 Å². The quantitative estimate of drug-likeness (QED) is 0.764. The van der Waals surface area contributed by atoms with E-state index < -0.39 is 0 Å². The van der Waals surface area contributed by atoms with Crippen LogP contribution in [0.25, 0.3) is 0 Å². The van der Waals surface area contributed by atoms with Crippen LogP contribution in [0.15, 0.2) is 34.7 Å². The Labute approximate surface area is 114 Å². The highest BCUT2D eigenvalue weighted by atomic mass is 79.9. The maximum Gasteiger partial charge on any atom is 0.123 e. The number of alkyl halides is 1. The van der Waals surface area contributed by atoms with Gasteiger partial charge in [0.1, 0.15) is 22.1 Å². The van der Waals surface area contributed by atoms with Crippen molar-refractivity contribution in [1.82, 2.24) is 0 Å². The summed E-state index contributed by atoms with van der Waals surface area (Å²) in [7, 11) is 1.64. The van der Waals surface area contributed by atoms with Crippen LogP contribution in [0.3, 0.4) is 0 Å². The van der Waals surface area contributed by atoms with E-state index in [1.807, 2.05) is 31.2 Å². The predicted molar refractivity (Wildman–Crippen MR) is 72.2 cm³/mol. The van der Waals surface area contributed by atoms with Crippen LogP contribution in [0.4, 0.5) is 0 Å². The molecule has 17 heavy (non-hydrogen) atoms. The van der Waals surface area contributed by atoms with Gasteiger partial charge in [0.25, 0.3) is 0 Å². The second-order valence-corrected chi connectivity index (χ2v) is 5.05. The monoisotopic (exact) mass is 314 g/mol. The molecule has 0 aliphatic rings. The van der Waals surface area contributed by atoms with Crippen molar-refractivity contribution >= 4 is 27.5 Å². The number of hydrogen-bond donors (Lipinski definition) is 0. The molecule has 90 valence electrons. The first-order valence-electron chi connectivity index (χ1n) is 5.15. The number of halogens is 2. The van der Waals surface area contributed by atoms with Crippen LogP contribution in [0.2, 0.25) is 5.02 Å². The van der Waals surface area contributed by atoms with E-state index in [-0.39, 0.29) is 4.83 Å². The zero-order valence-electron chi connectivity index (χ0n) is 9.54. The first kappa shape index (κ1) is 12.5. The van der Waals surface area contributed by atoms with Gasteiger partial charge in [-0.05, 0) is 37.3 Å². The van der Waals surface area contributed by atoms with Crippen LogP contribution >= 0.6 is 27.5 Å². The zero-order chi connectivity index (χ0) is 12.4. The highest BCUT2D eigenvalue weighted by molar-refractivity contribution is 9.09. The van der Waals surface area contributed by atoms with E-state index in [0.717, 1.165) is 22.8 Å². The van der Waals surface area contributed by atoms with E-state index in [1.165, 1.54) is 0 Å². The van der Waals surface area contributed by atoms with Crippen molar-refractivity contribution in [1.29, 1.82) is 0 Å². The molecule has 0 saturated heterocycles. The third-order valence-electron chi connectivity index (χ3n) is 2.48. The summed E-state index contributed by atoms with van der Waals surface area (Å²) in [5, 5.41) is 0.675. The van der Waals surface area contributed by atoms with E-state index >= 15 is 0 Å². The lowest BCUT2D eigenvalue weighted by Crippen LogP contribution is -1.96. The zero-order valence-corrected chi connectivity index (χ0v) is 11.9. The molecule has 0 saturated carbocycles. The summed E-state index contributed by atoms with van der Waals surface area (Å²) >= 11 is 9.60. The number of furan rings is 1. The fraction of sp³-hybridized carbons (Fsp3) is 0.231. The molecule has 2 rings (SSSR count). The number of hydrogen-bond acceptors (Lipinski definition) is 2. The van der Waals surface area contributed by atoms with E-state index in [0.29, 0.717) is 5.02 Å². The molecule has 0 aliphatic heterocycles. The third kappa shape index (κ3) is 2.67. The van der Waals surface area contributed by atoms with Gasteiger partial charge in [-0.3, -0.25) is 0 Å². The van der Waals surface area contributed by atoms with Gasteiger partial charge in [-0.25, -0.2) is 0 Å². The molecule has 0 fully saturated rings. The topological polar surface area (TPSA) is 22.4 Å². The Hall–Kier alpha value is -0.930. The molecular formula is C13H12BrClO2. The lowest BCUT2D eigenvalue weighted by Gasteiger charge is -2.12. The van der Waals surface area contributed by atoms with Crippen LogP contribution in [0.1, 0.15) is 21.9 Å². The molecule has 1 atom stereocenters. The van der Waals surface area contributed by atoms with Gasteiger partial charge in [0.15, 0.2) is 0 Å². The van der Waals surface area contributed by atoms with Crippen molar-refractivity contribution in [2.24, 2.45) is 0 Å². The number of benzene rings is 1. The molecule has 0 N–H and O–H groups in total. The Morgan fingerprint density at radius 1 is 1.29 bits per heavy atom. The summed E-state index contributed by atoms with van der Waals surface area (Å²) in [6.07, 6.45) is 0. The molecule has 1 unspecified atom stereocenters. The fourth-order valence-corrected chi connectivity index (χ4v) is 2.43. The van der Waals surface area contributed by atoms with Gasteiger partial charge in [-0.2, -0.15) is 0 Å². The molecule has 2 aromatic rings. The molecule has 0 aliphatic carbocycles. The van der Waals surface area contributed by atoms with Crippen molar-refractivity contribution in [3.8, 4) is 5.75 Å². The molecule has 0 radical (unpaired) electrons. The molecule has 1 aromatic carbocycles. The Balaban J connectivity index is 2.42. The van der Waals surface area contributed by atoms with Gasteiger partial charge in [-0.15, -0.1) is 0 Å². The largest absolute Gasteiger partial charge is 0.496 e. The molecule has 0 amide bonds. The van der Waals surface area contributed by atoms with Gasteiger partial charge in [0.05, 0.1) is 7.11 Å². The minimum absolute atomic E-state index is 0.0650. The van der Waals surface area contributed by atoms with E-state index in [2.05, 4.69) is 15.9 Å². The average molecular weight is 316 g/mol. The summed E-state index contributed by atoms with van der Waals surface area (Å²) in [5.74, 6) is 2.50. The third-order valence-corrected chi connectivity index (χ3v) is 3.66. The number of aryl methyl sites for hydroxylation is 1. The van der Waals surface area contributed by atoms with Gasteiger partial charge in [-0.1, -0.05) is 27.5 Å². The van der Waals surface area contributed by atoms with Crippen molar-refractivity contribution in [2.75, 3.05) is 7.11 Å². The van der Waals surface area contributed by atoms with Crippen LogP contribution in [-0.4, -0.2) is 7.11 Å². The standard InChI is InChI=1S/C13H12BrClO2/c1-8-3-5-12(17-8)13(14)10-7-9(15)4-6-11(10)16-2/h3-7,13H,1-2H3. The number of ether oxygens (including phenoxy) is 1. The Morgan fingerprint density at radius 3 is 2.65 bits per heavy atom. The first-order valence-corrected chi connectivity index (χ1v) is 6.45. The van der Waals surface area contributed by atoms with E-state index in [9.17, 15) is 0 Å². The maximum atomic E-state index is 6.00. The summed E-state index contributed by atoms with van der Waals surface area (Å²) in [5.41, 5.74) is 0.953. The normalized spacial score (nSPS) is 12.5. The lowest BCUT2D eigenvalue weighted by atomic mass is 10.1. The minimum atomic E-state index is -0.0650. The second-order valence-electron chi connectivity index (χ2n) is 3.70. The van der Waals surface area contributed by atoms with E-state index in [1.54, 1.807) is 13.2 Å². The summed E-state index contributed by atoms with van der Waals surface area (Å²) in [4.78, 5) is -0.0650. The van der Waals surface area contributed by atoms with Crippen LogP contribution in [0.5, 0.6) is 5.75 Å². The fourth-order valence-electron chi connectivity index (χ4n) is 1.65. The smallest absolute Gasteiger partial charge is 0.123 e. The number of methoxy groups -OCH3 is 1.